The van der Waals surface area contributed by atoms with Crippen molar-refractivity contribution in [1.29, 1.82) is 0 Å². The van der Waals surface area contributed by atoms with Gasteiger partial charge in [-0.2, -0.15) is 8.78 Å². The normalized spacial score (nSPS) is 11.0. The summed E-state index contributed by atoms with van der Waals surface area (Å²) in [4.78, 5) is 40.5. The third kappa shape index (κ3) is 5.08. The highest BCUT2D eigenvalue weighted by atomic mass is 19.3. The quantitative estimate of drug-likeness (QED) is 0.589. The lowest BCUT2D eigenvalue weighted by Gasteiger charge is -2.20. The predicted molar refractivity (Wildman–Crippen MR) is 110 cm³/mol. The van der Waals surface area contributed by atoms with Gasteiger partial charge < -0.3 is 14.4 Å². The number of likely N-dealkylation sites (N-methyl/N-ethyl adjacent to an activating group) is 1. The molecule has 0 aliphatic heterocycles. The summed E-state index contributed by atoms with van der Waals surface area (Å²) in [6.07, 6.45) is 0. The van der Waals surface area contributed by atoms with Crippen LogP contribution in [0.25, 0.3) is 10.9 Å². The first-order valence-electron chi connectivity index (χ1n) is 9.46. The number of amides is 1. The van der Waals surface area contributed by atoms with Crippen LogP contribution in [-0.4, -0.2) is 40.6 Å². The standard InChI is InChI=1S/C21H21F2N3O5/c1-3-30-17-10-13(8-9-16(17)31-20(22)23)11-25(2)18(27)12-26-15-7-5-4-6-14(15)19(28)24-21(26)29/h4-10,20H,3,11-12H2,1-2H3,(H,24,28,29). The van der Waals surface area contributed by atoms with Gasteiger partial charge in [0.05, 0.1) is 17.5 Å². The fourth-order valence-corrected chi connectivity index (χ4v) is 3.13. The largest absolute Gasteiger partial charge is 0.490 e. The van der Waals surface area contributed by atoms with Gasteiger partial charge in [0.25, 0.3) is 5.56 Å². The first-order valence-corrected chi connectivity index (χ1v) is 9.46. The molecule has 31 heavy (non-hydrogen) atoms. The Morgan fingerprint density at radius 3 is 2.61 bits per heavy atom. The SMILES string of the molecule is CCOc1cc(CN(C)C(=O)Cn2c(=O)[nH]c(=O)c3ccccc32)ccc1OC(F)F. The van der Waals surface area contributed by atoms with Crippen LogP contribution in [0.15, 0.2) is 52.1 Å². The molecule has 0 fully saturated rings. The van der Waals surface area contributed by atoms with Crippen molar-refractivity contribution in [2.75, 3.05) is 13.7 Å². The van der Waals surface area contributed by atoms with Gasteiger partial charge in [0.2, 0.25) is 5.91 Å². The van der Waals surface area contributed by atoms with Crippen LogP contribution in [0, 0.1) is 0 Å². The molecule has 2 aromatic carbocycles. The zero-order chi connectivity index (χ0) is 22.5. The maximum atomic E-state index is 12.7. The molecule has 1 aromatic heterocycles. The molecule has 1 amide bonds. The summed E-state index contributed by atoms with van der Waals surface area (Å²) in [5.41, 5.74) is -0.227. The van der Waals surface area contributed by atoms with Crippen LogP contribution in [-0.2, 0) is 17.9 Å². The van der Waals surface area contributed by atoms with Crippen molar-refractivity contribution in [1.82, 2.24) is 14.5 Å². The minimum absolute atomic E-state index is 0.0964. The lowest BCUT2D eigenvalue weighted by molar-refractivity contribution is -0.131. The molecular weight excluding hydrogens is 412 g/mol. The number of rotatable bonds is 8. The van der Waals surface area contributed by atoms with Crippen LogP contribution in [0.5, 0.6) is 11.5 Å². The van der Waals surface area contributed by atoms with Crippen LogP contribution < -0.4 is 20.7 Å². The number of alkyl halides is 2. The van der Waals surface area contributed by atoms with Crippen molar-refractivity contribution in [2.24, 2.45) is 0 Å². The van der Waals surface area contributed by atoms with Gasteiger partial charge in [-0.25, -0.2) is 4.79 Å². The third-order valence-corrected chi connectivity index (χ3v) is 4.57. The number of aromatic nitrogens is 2. The molecule has 0 aliphatic rings. The number of hydrogen-bond acceptors (Lipinski definition) is 5. The predicted octanol–water partition coefficient (Wildman–Crippen LogP) is 2.35. The number of carbonyl (C=O) groups is 1. The number of nitrogens with zero attached hydrogens (tertiary/aromatic N) is 2. The van der Waals surface area contributed by atoms with E-state index in [4.69, 9.17) is 4.74 Å². The number of aromatic amines is 1. The highest BCUT2D eigenvalue weighted by Gasteiger charge is 2.16. The smallest absolute Gasteiger partial charge is 0.387 e. The van der Waals surface area contributed by atoms with Crippen molar-refractivity contribution < 1.29 is 23.0 Å². The Hall–Kier alpha value is -3.69. The van der Waals surface area contributed by atoms with Gasteiger partial charge in [-0.05, 0) is 36.8 Å². The monoisotopic (exact) mass is 433 g/mol. The highest BCUT2D eigenvalue weighted by molar-refractivity contribution is 5.81. The molecule has 0 bridgehead atoms. The molecule has 0 unspecified atom stereocenters. The molecular formula is C21H21F2N3O5. The van der Waals surface area contributed by atoms with E-state index in [1.54, 1.807) is 44.3 Å². The van der Waals surface area contributed by atoms with Crippen LogP contribution in [0.2, 0.25) is 0 Å². The van der Waals surface area contributed by atoms with Gasteiger partial charge in [0, 0.05) is 13.6 Å². The number of benzene rings is 2. The van der Waals surface area contributed by atoms with Crippen LogP contribution >= 0.6 is 0 Å². The summed E-state index contributed by atoms with van der Waals surface area (Å²) < 4.78 is 36.1. The van der Waals surface area contributed by atoms with E-state index >= 15 is 0 Å². The zero-order valence-electron chi connectivity index (χ0n) is 16.9. The highest BCUT2D eigenvalue weighted by Crippen LogP contribution is 2.30. The second-order valence-electron chi connectivity index (χ2n) is 6.70. The van der Waals surface area contributed by atoms with E-state index in [-0.39, 0.29) is 37.1 Å². The number of carbonyl (C=O) groups excluding carboxylic acids is 1. The minimum atomic E-state index is -2.99. The topological polar surface area (TPSA) is 93.6 Å². The summed E-state index contributed by atoms with van der Waals surface area (Å²) in [6.45, 7) is -1.16. The number of H-pyrrole nitrogens is 1. The summed E-state index contributed by atoms with van der Waals surface area (Å²) in [7, 11) is 1.55. The fraction of sp³-hybridized carbons (Fsp3) is 0.286. The summed E-state index contributed by atoms with van der Waals surface area (Å²) in [5, 5.41) is 0.300. The lowest BCUT2D eigenvalue weighted by Crippen LogP contribution is -2.37. The molecule has 0 saturated carbocycles. The van der Waals surface area contributed by atoms with Gasteiger partial charge in [-0.3, -0.25) is 19.1 Å². The Kier molecular flexibility index (Phi) is 6.68. The summed E-state index contributed by atoms with van der Waals surface area (Å²) >= 11 is 0. The van der Waals surface area contributed by atoms with Gasteiger partial charge in [0.1, 0.15) is 6.54 Å². The van der Waals surface area contributed by atoms with E-state index in [1.807, 2.05) is 0 Å². The Balaban J connectivity index is 1.80. The van der Waals surface area contributed by atoms with Gasteiger partial charge >= 0.3 is 12.3 Å². The summed E-state index contributed by atoms with van der Waals surface area (Å²) in [5.74, 6) is -0.338. The van der Waals surface area contributed by atoms with E-state index in [1.165, 1.54) is 21.6 Å². The molecule has 0 radical (unpaired) electrons. The number of fused-ring (bicyclic) bond motifs is 1. The lowest BCUT2D eigenvalue weighted by atomic mass is 10.2. The minimum Gasteiger partial charge on any atom is -0.490 e. The molecule has 0 aliphatic carbocycles. The Labute approximate surface area is 175 Å². The number of para-hydroxylation sites is 1. The third-order valence-electron chi connectivity index (χ3n) is 4.57. The van der Waals surface area contributed by atoms with Crippen LogP contribution in [0.3, 0.4) is 0 Å². The maximum absolute atomic E-state index is 12.7. The maximum Gasteiger partial charge on any atom is 0.387 e. The summed E-state index contributed by atoms with van der Waals surface area (Å²) in [6, 6.07) is 10.9. The molecule has 8 nitrogen and oxygen atoms in total. The van der Waals surface area contributed by atoms with E-state index < -0.39 is 17.9 Å². The molecule has 3 aromatic rings. The zero-order valence-corrected chi connectivity index (χ0v) is 16.9. The van der Waals surface area contributed by atoms with E-state index in [0.29, 0.717) is 16.5 Å². The van der Waals surface area contributed by atoms with Crippen molar-refractivity contribution >= 4 is 16.8 Å². The second kappa shape index (κ2) is 9.41. The van der Waals surface area contributed by atoms with Crippen LogP contribution in [0.1, 0.15) is 12.5 Å². The molecule has 0 saturated heterocycles. The molecule has 0 atom stereocenters. The van der Waals surface area contributed by atoms with E-state index in [0.717, 1.165) is 0 Å². The molecule has 0 spiro atoms. The number of nitrogens with one attached hydrogen (secondary N) is 1. The van der Waals surface area contributed by atoms with Crippen LogP contribution in [0.4, 0.5) is 8.78 Å². The number of ether oxygens (including phenoxy) is 2. The second-order valence-corrected chi connectivity index (χ2v) is 6.70. The molecule has 10 heteroatoms. The van der Waals surface area contributed by atoms with Crippen molar-refractivity contribution in [3.05, 3.63) is 68.9 Å². The average Bonchev–Trinajstić information content (AvgIpc) is 2.72. The molecule has 164 valence electrons. The molecule has 3 rings (SSSR count). The average molecular weight is 433 g/mol. The van der Waals surface area contributed by atoms with Crippen molar-refractivity contribution in [2.45, 2.75) is 26.6 Å². The number of halogens is 2. The van der Waals surface area contributed by atoms with E-state index in [9.17, 15) is 23.2 Å². The first kappa shape index (κ1) is 22.0. The molecule has 1 N–H and O–H groups in total. The molecule has 1 heterocycles. The Morgan fingerprint density at radius 1 is 1.16 bits per heavy atom. The van der Waals surface area contributed by atoms with Gasteiger partial charge in [-0.15, -0.1) is 0 Å². The Bertz CT molecular complexity index is 1210. The van der Waals surface area contributed by atoms with Gasteiger partial charge in [0.15, 0.2) is 11.5 Å². The van der Waals surface area contributed by atoms with E-state index in [2.05, 4.69) is 9.72 Å². The van der Waals surface area contributed by atoms with Gasteiger partial charge in [-0.1, -0.05) is 18.2 Å². The van der Waals surface area contributed by atoms with Crippen molar-refractivity contribution in [3.63, 3.8) is 0 Å². The van der Waals surface area contributed by atoms with Crippen molar-refractivity contribution in [3.8, 4) is 11.5 Å². The first-order chi connectivity index (χ1) is 14.8. The fourth-order valence-electron chi connectivity index (χ4n) is 3.13. The number of hydrogen-bond donors (Lipinski definition) is 1. The Morgan fingerprint density at radius 2 is 1.90 bits per heavy atom.